The van der Waals surface area contributed by atoms with Crippen molar-refractivity contribution in [3.8, 4) is 17.0 Å². The fraction of sp³-hybridized carbons (Fsp3) is 0.286. The molecular formula is C14H13ClN2O2S. The molecule has 20 heavy (non-hydrogen) atoms. The molecule has 1 aliphatic heterocycles. The van der Waals surface area contributed by atoms with Crippen molar-refractivity contribution >= 4 is 34.5 Å². The number of ether oxygens (including phenoxy) is 1. The summed E-state index contributed by atoms with van der Waals surface area (Å²) in [5.41, 5.74) is 2.39. The van der Waals surface area contributed by atoms with Crippen molar-refractivity contribution in [1.29, 1.82) is 0 Å². The topological polar surface area (TPSA) is 42.4 Å². The van der Waals surface area contributed by atoms with Crippen molar-refractivity contribution in [1.82, 2.24) is 4.98 Å². The number of fused-ring (bicyclic) bond motifs is 1. The summed E-state index contributed by atoms with van der Waals surface area (Å²) in [7, 11) is 0. The Hall–Kier alpha value is -1.59. The van der Waals surface area contributed by atoms with Crippen LogP contribution >= 0.6 is 22.9 Å². The lowest BCUT2D eigenvalue weighted by atomic mass is 10.1. The van der Waals surface area contributed by atoms with E-state index in [2.05, 4.69) is 4.98 Å². The van der Waals surface area contributed by atoms with Gasteiger partial charge >= 0.3 is 0 Å². The van der Waals surface area contributed by atoms with Crippen LogP contribution in [-0.2, 0) is 4.79 Å². The molecule has 1 aliphatic rings. The predicted octanol–water partition coefficient (Wildman–Crippen LogP) is 3.52. The molecule has 0 saturated carbocycles. The lowest BCUT2D eigenvalue weighted by Gasteiger charge is -2.30. The molecule has 104 valence electrons. The molecule has 2 heterocycles. The minimum Gasteiger partial charge on any atom is -0.489 e. The molecule has 6 heteroatoms. The number of aryl methyl sites for hydroxylation is 1. The number of rotatable bonds is 1. The number of halogens is 1. The van der Waals surface area contributed by atoms with E-state index in [1.807, 2.05) is 18.4 Å². The average molecular weight is 309 g/mol. The lowest BCUT2D eigenvalue weighted by Crippen LogP contribution is -2.36. The van der Waals surface area contributed by atoms with Crippen molar-refractivity contribution in [3.05, 3.63) is 27.5 Å². The fourth-order valence-corrected chi connectivity index (χ4v) is 3.12. The first-order valence-electron chi connectivity index (χ1n) is 6.23. The Kier molecular flexibility index (Phi) is 3.40. The van der Waals surface area contributed by atoms with Crippen LogP contribution in [0, 0.1) is 6.92 Å². The molecule has 1 aromatic heterocycles. The maximum absolute atomic E-state index is 11.7. The molecule has 2 aromatic rings. The van der Waals surface area contributed by atoms with Crippen molar-refractivity contribution in [2.24, 2.45) is 0 Å². The Morgan fingerprint density at radius 2 is 2.30 bits per heavy atom. The fourth-order valence-electron chi connectivity index (χ4n) is 2.30. The molecule has 0 unspecified atom stereocenters. The normalized spacial score (nSPS) is 13.8. The minimum atomic E-state index is -0.0165. The Morgan fingerprint density at radius 1 is 1.50 bits per heavy atom. The van der Waals surface area contributed by atoms with Gasteiger partial charge < -0.3 is 9.64 Å². The molecule has 0 saturated heterocycles. The number of hydrogen-bond donors (Lipinski definition) is 0. The first-order chi connectivity index (χ1) is 9.56. The molecule has 0 aliphatic carbocycles. The average Bonchev–Trinajstić information content (AvgIpc) is 2.83. The maximum Gasteiger partial charge on any atom is 0.224 e. The largest absolute Gasteiger partial charge is 0.489 e. The van der Waals surface area contributed by atoms with E-state index < -0.39 is 0 Å². The van der Waals surface area contributed by atoms with Crippen LogP contribution < -0.4 is 9.64 Å². The third kappa shape index (κ3) is 2.27. The van der Waals surface area contributed by atoms with Crippen LogP contribution in [0.3, 0.4) is 0 Å². The Labute approximate surface area is 126 Å². The minimum absolute atomic E-state index is 0.0165. The molecule has 3 rings (SSSR count). The molecule has 4 nitrogen and oxygen atoms in total. The highest BCUT2D eigenvalue weighted by Crippen LogP contribution is 2.43. The quantitative estimate of drug-likeness (QED) is 0.809. The number of aromatic nitrogens is 1. The van der Waals surface area contributed by atoms with Crippen molar-refractivity contribution in [2.75, 3.05) is 18.1 Å². The van der Waals surface area contributed by atoms with Crippen molar-refractivity contribution in [3.63, 3.8) is 0 Å². The third-order valence-electron chi connectivity index (χ3n) is 3.16. The molecule has 0 N–H and O–H groups in total. The van der Waals surface area contributed by atoms with E-state index in [4.69, 9.17) is 16.3 Å². The SMILES string of the molecule is CC(=O)N1CCOc2c(-c3csc(C)n3)cc(Cl)cc21. The first-order valence-corrected chi connectivity index (χ1v) is 7.49. The highest BCUT2D eigenvalue weighted by atomic mass is 35.5. The van der Waals surface area contributed by atoms with Gasteiger partial charge in [0, 0.05) is 22.9 Å². The van der Waals surface area contributed by atoms with Crippen LogP contribution in [0.1, 0.15) is 11.9 Å². The summed E-state index contributed by atoms with van der Waals surface area (Å²) in [6.07, 6.45) is 0. The van der Waals surface area contributed by atoms with Gasteiger partial charge in [0.1, 0.15) is 6.61 Å². The number of hydrogen-bond acceptors (Lipinski definition) is 4. The van der Waals surface area contributed by atoms with Crippen molar-refractivity contribution in [2.45, 2.75) is 13.8 Å². The second kappa shape index (κ2) is 5.07. The van der Waals surface area contributed by atoms with E-state index in [1.54, 1.807) is 29.2 Å². The van der Waals surface area contributed by atoms with E-state index in [0.29, 0.717) is 23.9 Å². The van der Waals surface area contributed by atoms with Gasteiger partial charge in [0.15, 0.2) is 5.75 Å². The van der Waals surface area contributed by atoms with Crippen LogP contribution in [0.2, 0.25) is 5.02 Å². The standard InChI is InChI=1S/C14H13ClN2O2S/c1-8-16-12(7-20-8)11-5-10(15)6-13-14(11)19-4-3-17(13)9(2)18/h5-7H,3-4H2,1-2H3. The van der Waals surface area contributed by atoms with Gasteiger partial charge in [0.2, 0.25) is 5.91 Å². The second-order valence-corrected chi connectivity index (χ2v) is 6.07. The number of carbonyl (C=O) groups excluding carboxylic acids is 1. The van der Waals surface area contributed by atoms with Crippen LogP contribution in [-0.4, -0.2) is 24.0 Å². The predicted molar refractivity (Wildman–Crippen MR) is 80.8 cm³/mol. The van der Waals surface area contributed by atoms with Gasteiger partial charge in [-0.3, -0.25) is 4.79 Å². The number of anilines is 1. The highest BCUT2D eigenvalue weighted by molar-refractivity contribution is 7.09. The van der Waals surface area contributed by atoms with Gasteiger partial charge in [-0.2, -0.15) is 0 Å². The summed E-state index contributed by atoms with van der Waals surface area (Å²) >= 11 is 7.76. The van der Waals surface area contributed by atoms with E-state index in [-0.39, 0.29) is 5.91 Å². The third-order valence-corrected chi connectivity index (χ3v) is 4.15. The molecule has 1 aromatic carbocycles. The number of thiazole rings is 1. The van der Waals surface area contributed by atoms with E-state index in [1.165, 1.54) is 0 Å². The zero-order valence-electron chi connectivity index (χ0n) is 11.1. The van der Waals surface area contributed by atoms with Gasteiger partial charge in [-0.1, -0.05) is 11.6 Å². The molecule has 0 atom stereocenters. The van der Waals surface area contributed by atoms with Gasteiger partial charge in [-0.15, -0.1) is 11.3 Å². The summed E-state index contributed by atoms with van der Waals surface area (Å²) < 4.78 is 5.77. The van der Waals surface area contributed by atoms with E-state index in [0.717, 1.165) is 22.0 Å². The Bertz CT molecular complexity index is 684. The van der Waals surface area contributed by atoms with Gasteiger partial charge in [-0.05, 0) is 19.1 Å². The smallest absolute Gasteiger partial charge is 0.224 e. The lowest BCUT2D eigenvalue weighted by molar-refractivity contribution is -0.116. The van der Waals surface area contributed by atoms with Crippen LogP contribution in [0.25, 0.3) is 11.3 Å². The summed E-state index contributed by atoms with van der Waals surface area (Å²) in [6, 6.07) is 3.60. The Morgan fingerprint density at radius 3 is 2.95 bits per heavy atom. The van der Waals surface area contributed by atoms with Gasteiger partial charge in [-0.25, -0.2) is 4.98 Å². The number of carbonyl (C=O) groups is 1. The van der Waals surface area contributed by atoms with Crippen molar-refractivity contribution < 1.29 is 9.53 Å². The van der Waals surface area contributed by atoms with Gasteiger partial charge in [0.25, 0.3) is 0 Å². The maximum atomic E-state index is 11.7. The van der Waals surface area contributed by atoms with Crippen LogP contribution in [0.15, 0.2) is 17.5 Å². The zero-order valence-corrected chi connectivity index (χ0v) is 12.7. The summed E-state index contributed by atoms with van der Waals surface area (Å²) in [5.74, 6) is 0.665. The van der Waals surface area contributed by atoms with Crippen LogP contribution in [0.4, 0.5) is 5.69 Å². The molecule has 0 bridgehead atoms. The molecule has 0 fully saturated rings. The molecular weight excluding hydrogens is 296 g/mol. The summed E-state index contributed by atoms with van der Waals surface area (Å²) in [5, 5.41) is 3.52. The molecule has 0 spiro atoms. The number of amides is 1. The van der Waals surface area contributed by atoms with Crippen LogP contribution in [0.5, 0.6) is 5.75 Å². The zero-order chi connectivity index (χ0) is 14.3. The van der Waals surface area contributed by atoms with Gasteiger partial charge in [0.05, 0.1) is 22.9 Å². The molecule has 1 amide bonds. The first kappa shape index (κ1) is 13.4. The summed E-state index contributed by atoms with van der Waals surface area (Å²) in [4.78, 5) is 17.9. The monoisotopic (exact) mass is 308 g/mol. The number of nitrogens with zero attached hydrogens (tertiary/aromatic N) is 2. The second-order valence-electron chi connectivity index (χ2n) is 4.57. The van der Waals surface area contributed by atoms with E-state index in [9.17, 15) is 4.79 Å². The molecule has 0 radical (unpaired) electrons. The van der Waals surface area contributed by atoms with E-state index >= 15 is 0 Å². The number of benzene rings is 1. The Balaban J connectivity index is 2.19. The highest BCUT2D eigenvalue weighted by Gasteiger charge is 2.25. The summed E-state index contributed by atoms with van der Waals surface area (Å²) in [6.45, 7) is 4.51.